The number of carbonyl (C=O) groups excluding carboxylic acids is 1. The van der Waals surface area contributed by atoms with Crippen molar-refractivity contribution in [2.45, 2.75) is 32.9 Å². The van der Waals surface area contributed by atoms with Crippen LogP contribution in [-0.2, 0) is 0 Å². The van der Waals surface area contributed by atoms with Crippen LogP contribution >= 0.6 is 0 Å². The second-order valence-electron chi connectivity index (χ2n) is 6.85. The first-order chi connectivity index (χ1) is 13.8. The van der Waals surface area contributed by atoms with Gasteiger partial charge in [0.2, 0.25) is 0 Å². The SMILES string of the molecule is CC(C)NC(=O)c1cc2cc(F)ccc2nc1[C@H](C)Nc1ncnc(N)c1C#N. The molecule has 0 bridgehead atoms. The first kappa shape index (κ1) is 19.9. The molecule has 0 radical (unpaired) electrons. The second kappa shape index (κ2) is 8.06. The lowest BCUT2D eigenvalue weighted by Crippen LogP contribution is -2.31. The van der Waals surface area contributed by atoms with Crippen molar-refractivity contribution < 1.29 is 9.18 Å². The van der Waals surface area contributed by atoms with E-state index in [9.17, 15) is 14.4 Å². The summed E-state index contributed by atoms with van der Waals surface area (Å²) in [6.07, 6.45) is 1.24. The smallest absolute Gasteiger partial charge is 0.253 e. The normalized spacial score (nSPS) is 11.9. The summed E-state index contributed by atoms with van der Waals surface area (Å²) in [5.41, 5.74) is 7.12. The Hall–Kier alpha value is -3.80. The molecule has 0 aliphatic carbocycles. The minimum atomic E-state index is -0.501. The average Bonchev–Trinajstić information content (AvgIpc) is 2.66. The van der Waals surface area contributed by atoms with Crippen LogP contribution in [0.2, 0.25) is 0 Å². The van der Waals surface area contributed by atoms with Crippen LogP contribution in [-0.4, -0.2) is 26.9 Å². The lowest BCUT2D eigenvalue weighted by atomic mass is 10.0. The number of hydrogen-bond donors (Lipinski definition) is 3. The topological polar surface area (TPSA) is 130 Å². The van der Waals surface area contributed by atoms with Gasteiger partial charge in [-0.15, -0.1) is 0 Å². The van der Waals surface area contributed by atoms with Gasteiger partial charge in [-0.2, -0.15) is 5.26 Å². The highest BCUT2D eigenvalue weighted by atomic mass is 19.1. The van der Waals surface area contributed by atoms with E-state index >= 15 is 0 Å². The Kier molecular flexibility index (Phi) is 5.54. The molecule has 29 heavy (non-hydrogen) atoms. The van der Waals surface area contributed by atoms with E-state index in [1.165, 1.54) is 18.5 Å². The monoisotopic (exact) mass is 393 g/mol. The van der Waals surface area contributed by atoms with Crippen molar-refractivity contribution in [1.82, 2.24) is 20.3 Å². The number of carbonyl (C=O) groups is 1. The number of nitriles is 1. The number of nitrogen functional groups attached to an aromatic ring is 1. The van der Waals surface area contributed by atoms with Crippen LogP contribution in [0.4, 0.5) is 16.0 Å². The number of nitrogens with zero attached hydrogens (tertiary/aromatic N) is 4. The van der Waals surface area contributed by atoms with E-state index in [0.717, 1.165) is 0 Å². The number of aromatic nitrogens is 3. The first-order valence-corrected chi connectivity index (χ1v) is 8.98. The Balaban J connectivity index is 2.09. The molecule has 0 spiro atoms. The zero-order valence-corrected chi connectivity index (χ0v) is 16.2. The number of amides is 1. The van der Waals surface area contributed by atoms with Gasteiger partial charge in [-0.1, -0.05) is 0 Å². The zero-order chi connectivity index (χ0) is 21.1. The summed E-state index contributed by atoms with van der Waals surface area (Å²) in [5.74, 6) is -0.450. The van der Waals surface area contributed by atoms with E-state index in [1.807, 2.05) is 19.9 Å². The summed E-state index contributed by atoms with van der Waals surface area (Å²) < 4.78 is 13.7. The second-order valence-corrected chi connectivity index (χ2v) is 6.85. The van der Waals surface area contributed by atoms with Crippen LogP contribution < -0.4 is 16.4 Å². The number of rotatable bonds is 5. The molecule has 2 heterocycles. The molecule has 0 saturated heterocycles. The molecule has 2 aromatic heterocycles. The molecule has 8 nitrogen and oxygen atoms in total. The maximum atomic E-state index is 13.7. The van der Waals surface area contributed by atoms with Crippen molar-refractivity contribution in [3.8, 4) is 6.07 Å². The number of halogens is 1. The third-order valence-corrected chi connectivity index (χ3v) is 4.22. The van der Waals surface area contributed by atoms with Gasteiger partial charge >= 0.3 is 0 Å². The molecule has 1 aromatic carbocycles. The van der Waals surface area contributed by atoms with Crippen LogP contribution in [0.15, 0.2) is 30.6 Å². The standard InChI is InChI=1S/C20H20FN7O/c1-10(2)26-20(29)14-7-12-6-13(21)4-5-16(12)28-17(14)11(3)27-19-15(8-22)18(23)24-9-25-19/h4-7,9-11H,1-3H3,(H,26,29)(H3,23,24,25,27)/t11-/m0/s1. The van der Waals surface area contributed by atoms with Gasteiger partial charge in [-0.25, -0.2) is 19.3 Å². The minimum absolute atomic E-state index is 0.0527. The van der Waals surface area contributed by atoms with Crippen LogP contribution in [0, 0.1) is 17.1 Å². The van der Waals surface area contributed by atoms with E-state index in [1.54, 1.807) is 19.1 Å². The summed E-state index contributed by atoms with van der Waals surface area (Å²) in [4.78, 5) is 25.2. The van der Waals surface area contributed by atoms with Gasteiger partial charge in [0, 0.05) is 11.4 Å². The van der Waals surface area contributed by atoms with E-state index in [4.69, 9.17) is 5.73 Å². The van der Waals surface area contributed by atoms with E-state index in [2.05, 4.69) is 25.6 Å². The van der Waals surface area contributed by atoms with Crippen molar-refractivity contribution in [2.24, 2.45) is 0 Å². The predicted octanol–water partition coefficient (Wildman–Crippen LogP) is 2.93. The number of nitrogens with two attached hydrogens (primary N) is 1. The predicted molar refractivity (Wildman–Crippen MR) is 108 cm³/mol. The molecule has 0 saturated carbocycles. The summed E-state index contributed by atoms with van der Waals surface area (Å²) in [5, 5.41) is 15.7. The highest BCUT2D eigenvalue weighted by Crippen LogP contribution is 2.26. The van der Waals surface area contributed by atoms with Gasteiger partial charge in [-0.3, -0.25) is 4.79 Å². The molecular formula is C20H20FN7O. The number of fused-ring (bicyclic) bond motifs is 1. The molecule has 0 aliphatic rings. The van der Waals surface area contributed by atoms with Crippen LogP contribution in [0.5, 0.6) is 0 Å². The molecule has 148 valence electrons. The molecule has 9 heteroatoms. The summed E-state index contributed by atoms with van der Waals surface area (Å²) >= 11 is 0. The number of nitrogens with one attached hydrogen (secondary N) is 2. The van der Waals surface area contributed by atoms with Gasteiger partial charge in [-0.05, 0) is 45.0 Å². The molecular weight excluding hydrogens is 373 g/mol. The number of anilines is 2. The van der Waals surface area contributed by atoms with Crippen molar-refractivity contribution in [3.05, 3.63) is 53.2 Å². The number of benzene rings is 1. The largest absolute Gasteiger partial charge is 0.382 e. The first-order valence-electron chi connectivity index (χ1n) is 8.98. The third-order valence-electron chi connectivity index (χ3n) is 4.22. The van der Waals surface area contributed by atoms with Crippen LogP contribution in [0.1, 0.15) is 48.4 Å². The molecule has 3 aromatic rings. The van der Waals surface area contributed by atoms with Gasteiger partial charge in [0.15, 0.2) is 0 Å². The van der Waals surface area contributed by atoms with Crippen molar-refractivity contribution in [1.29, 1.82) is 5.26 Å². The van der Waals surface area contributed by atoms with Crippen molar-refractivity contribution in [3.63, 3.8) is 0 Å². The Morgan fingerprint density at radius 1 is 1.24 bits per heavy atom. The summed E-state index contributed by atoms with van der Waals surface area (Å²) in [6, 6.07) is 7.17. The summed E-state index contributed by atoms with van der Waals surface area (Å²) in [6.45, 7) is 5.47. The zero-order valence-electron chi connectivity index (χ0n) is 16.2. The van der Waals surface area contributed by atoms with E-state index < -0.39 is 11.9 Å². The highest BCUT2D eigenvalue weighted by molar-refractivity contribution is 5.99. The Bertz CT molecular complexity index is 1120. The van der Waals surface area contributed by atoms with Gasteiger partial charge in [0.25, 0.3) is 5.91 Å². The Morgan fingerprint density at radius 2 is 2.00 bits per heavy atom. The van der Waals surface area contributed by atoms with Gasteiger partial charge in [0.05, 0.1) is 22.8 Å². The summed E-state index contributed by atoms with van der Waals surface area (Å²) in [7, 11) is 0. The van der Waals surface area contributed by atoms with E-state index in [-0.39, 0.29) is 29.1 Å². The number of pyridine rings is 1. The third kappa shape index (κ3) is 4.21. The maximum absolute atomic E-state index is 13.7. The van der Waals surface area contributed by atoms with Gasteiger partial charge < -0.3 is 16.4 Å². The molecule has 0 fully saturated rings. The quantitative estimate of drug-likeness (QED) is 0.607. The molecule has 1 amide bonds. The Morgan fingerprint density at radius 3 is 2.69 bits per heavy atom. The molecule has 0 aliphatic heterocycles. The van der Waals surface area contributed by atoms with E-state index in [0.29, 0.717) is 22.2 Å². The fourth-order valence-electron chi connectivity index (χ4n) is 2.91. The lowest BCUT2D eigenvalue weighted by Gasteiger charge is -2.19. The fraction of sp³-hybridized carbons (Fsp3) is 0.250. The molecule has 3 rings (SSSR count). The number of hydrogen-bond acceptors (Lipinski definition) is 7. The van der Waals surface area contributed by atoms with Crippen LogP contribution in [0.25, 0.3) is 10.9 Å². The Labute approximate surface area is 167 Å². The maximum Gasteiger partial charge on any atom is 0.253 e. The lowest BCUT2D eigenvalue weighted by molar-refractivity contribution is 0.0941. The average molecular weight is 393 g/mol. The van der Waals surface area contributed by atoms with Crippen molar-refractivity contribution in [2.75, 3.05) is 11.1 Å². The van der Waals surface area contributed by atoms with Crippen molar-refractivity contribution >= 4 is 28.4 Å². The molecule has 4 N–H and O–H groups in total. The molecule has 0 unspecified atom stereocenters. The highest BCUT2D eigenvalue weighted by Gasteiger charge is 2.21. The van der Waals surface area contributed by atoms with Gasteiger partial charge in [0.1, 0.15) is 35.4 Å². The fourth-order valence-corrected chi connectivity index (χ4v) is 2.91. The minimum Gasteiger partial charge on any atom is -0.382 e. The van der Waals surface area contributed by atoms with Crippen LogP contribution in [0.3, 0.4) is 0 Å². The molecule has 1 atom stereocenters.